The minimum absolute atomic E-state index is 0.337. The summed E-state index contributed by atoms with van der Waals surface area (Å²) in [7, 11) is 0. The van der Waals surface area contributed by atoms with Crippen molar-refractivity contribution >= 4 is 11.0 Å². The molecule has 1 N–H and O–H groups in total. The molecule has 1 heterocycles. The summed E-state index contributed by atoms with van der Waals surface area (Å²) in [6, 6.07) is 5.48. The molecule has 0 aliphatic rings. The summed E-state index contributed by atoms with van der Waals surface area (Å²) in [6.07, 6.45) is 3.02. The summed E-state index contributed by atoms with van der Waals surface area (Å²) >= 11 is 0. The van der Waals surface area contributed by atoms with E-state index in [9.17, 15) is 9.90 Å². The first-order chi connectivity index (χ1) is 7.22. The highest BCUT2D eigenvalue weighted by molar-refractivity contribution is 5.78. The highest BCUT2D eigenvalue weighted by atomic mass is 16.3. The monoisotopic (exact) mass is 204 g/mol. The van der Waals surface area contributed by atoms with Gasteiger partial charge in [0.15, 0.2) is 5.75 Å². The van der Waals surface area contributed by atoms with Crippen molar-refractivity contribution in [2.75, 3.05) is 0 Å². The van der Waals surface area contributed by atoms with Crippen LogP contribution < -0.4 is 5.43 Å². The van der Waals surface area contributed by atoms with Gasteiger partial charge in [0.2, 0.25) is 5.43 Å². The Morgan fingerprint density at radius 1 is 1.40 bits per heavy atom. The van der Waals surface area contributed by atoms with Crippen LogP contribution in [0, 0.1) is 0 Å². The predicted octanol–water partition coefficient (Wildman–Crippen LogP) is 2.45. The lowest BCUT2D eigenvalue weighted by molar-refractivity contribution is 0.442. The van der Waals surface area contributed by atoms with Gasteiger partial charge in [0.25, 0.3) is 0 Å². The molecule has 0 saturated carbocycles. The minimum Gasteiger partial charge on any atom is -0.502 e. The quantitative estimate of drug-likeness (QED) is 0.817. The fourth-order valence-electron chi connectivity index (χ4n) is 1.61. The third kappa shape index (κ3) is 1.73. The molecule has 2 rings (SSSR count). The maximum Gasteiger partial charge on any atom is 0.234 e. The van der Waals surface area contributed by atoms with Crippen LogP contribution in [0.25, 0.3) is 11.0 Å². The molecule has 0 amide bonds. The molecular weight excluding hydrogens is 192 g/mol. The van der Waals surface area contributed by atoms with Gasteiger partial charge in [0, 0.05) is 0 Å². The number of aromatic hydroxyl groups is 1. The van der Waals surface area contributed by atoms with Crippen LogP contribution >= 0.6 is 0 Å². The van der Waals surface area contributed by atoms with Gasteiger partial charge in [-0.2, -0.15) is 0 Å². The normalized spacial score (nSPS) is 10.7. The lowest BCUT2D eigenvalue weighted by Crippen LogP contribution is -2.00. The molecule has 0 aliphatic carbocycles. The molecular formula is C12H12O3. The van der Waals surface area contributed by atoms with Crippen LogP contribution in [0.5, 0.6) is 5.75 Å². The number of rotatable bonds is 2. The van der Waals surface area contributed by atoms with Crippen LogP contribution in [-0.4, -0.2) is 5.11 Å². The summed E-state index contributed by atoms with van der Waals surface area (Å²) in [5.74, 6) is -0.337. The number of aryl methyl sites for hydroxylation is 1. The van der Waals surface area contributed by atoms with Crippen molar-refractivity contribution in [3.8, 4) is 5.75 Å². The summed E-state index contributed by atoms with van der Waals surface area (Å²) in [4.78, 5) is 11.6. The highest BCUT2D eigenvalue weighted by Gasteiger charge is 2.05. The zero-order valence-corrected chi connectivity index (χ0v) is 8.49. The Morgan fingerprint density at radius 2 is 2.20 bits per heavy atom. The number of benzene rings is 1. The molecule has 0 radical (unpaired) electrons. The van der Waals surface area contributed by atoms with Gasteiger partial charge in [-0.25, -0.2) is 0 Å². The summed E-state index contributed by atoms with van der Waals surface area (Å²) < 4.78 is 5.11. The molecule has 3 nitrogen and oxygen atoms in total. The lowest BCUT2D eigenvalue weighted by atomic mass is 10.1. The summed E-state index contributed by atoms with van der Waals surface area (Å²) in [6.45, 7) is 2.08. The first-order valence-corrected chi connectivity index (χ1v) is 4.95. The van der Waals surface area contributed by atoms with Gasteiger partial charge in [0.05, 0.1) is 5.39 Å². The Balaban J connectivity index is 2.68. The largest absolute Gasteiger partial charge is 0.502 e. The molecule has 78 valence electrons. The molecule has 2 aromatic rings. The Bertz CT molecular complexity index is 540. The van der Waals surface area contributed by atoms with E-state index in [0.29, 0.717) is 11.0 Å². The van der Waals surface area contributed by atoms with Crippen LogP contribution in [0.3, 0.4) is 0 Å². The zero-order chi connectivity index (χ0) is 10.8. The lowest BCUT2D eigenvalue weighted by Gasteiger charge is -2.01. The molecule has 0 unspecified atom stereocenters. The van der Waals surface area contributed by atoms with E-state index in [1.54, 1.807) is 12.1 Å². The molecule has 1 aromatic carbocycles. The third-order valence-corrected chi connectivity index (χ3v) is 2.36. The van der Waals surface area contributed by atoms with Gasteiger partial charge in [-0.1, -0.05) is 19.4 Å². The molecule has 3 heteroatoms. The third-order valence-electron chi connectivity index (χ3n) is 2.36. The first kappa shape index (κ1) is 9.77. The van der Waals surface area contributed by atoms with Crippen LogP contribution in [0.15, 0.2) is 33.7 Å². The summed E-state index contributed by atoms with van der Waals surface area (Å²) in [5, 5.41) is 9.68. The average molecular weight is 204 g/mol. The van der Waals surface area contributed by atoms with Crippen LogP contribution in [-0.2, 0) is 6.42 Å². The smallest absolute Gasteiger partial charge is 0.234 e. The second-order valence-corrected chi connectivity index (χ2v) is 3.53. The molecule has 0 atom stereocenters. The van der Waals surface area contributed by atoms with Gasteiger partial charge in [0.1, 0.15) is 11.8 Å². The second kappa shape index (κ2) is 3.77. The molecule has 0 aliphatic heterocycles. The Hall–Kier alpha value is -1.77. The van der Waals surface area contributed by atoms with E-state index < -0.39 is 0 Å². The topological polar surface area (TPSA) is 50.4 Å². The van der Waals surface area contributed by atoms with Gasteiger partial charge in [-0.05, 0) is 24.1 Å². The molecule has 0 saturated heterocycles. The van der Waals surface area contributed by atoms with Crippen molar-refractivity contribution in [2.45, 2.75) is 19.8 Å². The van der Waals surface area contributed by atoms with E-state index in [-0.39, 0.29) is 11.2 Å². The van der Waals surface area contributed by atoms with Crippen molar-refractivity contribution in [2.24, 2.45) is 0 Å². The van der Waals surface area contributed by atoms with Crippen molar-refractivity contribution in [3.63, 3.8) is 0 Å². The Labute approximate surface area is 87.0 Å². The van der Waals surface area contributed by atoms with E-state index in [4.69, 9.17) is 4.42 Å². The van der Waals surface area contributed by atoms with Gasteiger partial charge in [-0.3, -0.25) is 4.79 Å². The Kier molecular flexibility index (Phi) is 2.46. The number of fused-ring (bicyclic) bond motifs is 1. The molecule has 1 aromatic heterocycles. The average Bonchev–Trinajstić information content (AvgIpc) is 2.25. The molecule has 0 fully saturated rings. The van der Waals surface area contributed by atoms with Crippen LogP contribution in [0.2, 0.25) is 0 Å². The van der Waals surface area contributed by atoms with E-state index in [1.807, 2.05) is 6.07 Å². The maximum absolute atomic E-state index is 11.6. The maximum atomic E-state index is 11.6. The van der Waals surface area contributed by atoms with E-state index in [0.717, 1.165) is 24.7 Å². The van der Waals surface area contributed by atoms with E-state index in [2.05, 4.69) is 6.92 Å². The van der Waals surface area contributed by atoms with Crippen molar-refractivity contribution in [3.05, 3.63) is 40.2 Å². The zero-order valence-electron chi connectivity index (χ0n) is 8.49. The van der Waals surface area contributed by atoms with Crippen LogP contribution in [0.1, 0.15) is 18.9 Å². The Morgan fingerprint density at radius 3 is 2.93 bits per heavy atom. The van der Waals surface area contributed by atoms with Crippen molar-refractivity contribution in [1.82, 2.24) is 0 Å². The fourth-order valence-corrected chi connectivity index (χ4v) is 1.61. The SMILES string of the molecule is CCCc1ccc2occ(O)c(=O)c2c1. The minimum atomic E-state index is -0.366. The predicted molar refractivity (Wildman–Crippen MR) is 58.1 cm³/mol. The van der Waals surface area contributed by atoms with E-state index >= 15 is 0 Å². The number of hydrogen-bond acceptors (Lipinski definition) is 3. The van der Waals surface area contributed by atoms with Gasteiger partial charge >= 0.3 is 0 Å². The standard InChI is InChI=1S/C12H12O3/c1-2-3-8-4-5-11-9(6-8)12(14)10(13)7-15-11/h4-7,13H,2-3H2,1H3. The highest BCUT2D eigenvalue weighted by Crippen LogP contribution is 2.16. The van der Waals surface area contributed by atoms with Gasteiger partial charge < -0.3 is 9.52 Å². The van der Waals surface area contributed by atoms with Crippen molar-refractivity contribution in [1.29, 1.82) is 0 Å². The van der Waals surface area contributed by atoms with Crippen molar-refractivity contribution < 1.29 is 9.52 Å². The fraction of sp³-hybridized carbons (Fsp3) is 0.250. The number of hydrogen-bond donors (Lipinski definition) is 1. The molecule has 15 heavy (non-hydrogen) atoms. The molecule has 0 bridgehead atoms. The second-order valence-electron chi connectivity index (χ2n) is 3.53. The summed E-state index contributed by atoms with van der Waals surface area (Å²) in [5.41, 5.74) is 1.23. The molecule has 0 spiro atoms. The first-order valence-electron chi connectivity index (χ1n) is 4.95. The van der Waals surface area contributed by atoms with Crippen LogP contribution in [0.4, 0.5) is 0 Å². The van der Waals surface area contributed by atoms with Gasteiger partial charge in [-0.15, -0.1) is 0 Å². The van der Waals surface area contributed by atoms with E-state index in [1.165, 1.54) is 0 Å².